The van der Waals surface area contributed by atoms with Crippen LogP contribution >= 0.6 is 0 Å². The van der Waals surface area contributed by atoms with Crippen molar-refractivity contribution in [2.75, 3.05) is 37.6 Å². The summed E-state index contributed by atoms with van der Waals surface area (Å²) < 4.78 is 16.4. The maximum atomic E-state index is 14.8. The molecule has 7 heteroatoms. The summed E-state index contributed by atoms with van der Waals surface area (Å²) in [7, 11) is 0. The number of allylic oxidation sites excluding steroid dienone is 1. The molecule has 1 N–H and O–H groups in total. The van der Waals surface area contributed by atoms with E-state index in [1.165, 1.54) is 6.20 Å². The first-order chi connectivity index (χ1) is 13.0. The van der Waals surface area contributed by atoms with Gasteiger partial charge in [-0.1, -0.05) is 12.2 Å². The number of pyridine rings is 1. The average Bonchev–Trinajstić information content (AvgIpc) is 2.65. The van der Waals surface area contributed by atoms with E-state index in [1.807, 2.05) is 11.0 Å². The van der Waals surface area contributed by atoms with Gasteiger partial charge in [-0.2, -0.15) is 0 Å². The van der Waals surface area contributed by atoms with Crippen LogP contribution in [0.5, 0.6) is 0 Å². The number of nitrogens with zero attached hydrogens (tertiary/aromatic N) is 3. The fourth-order valence-corrected chi connectivity index (χ4v) is 3.44. The number of hydrogen-bond acceptors (Lipinski definition) is 4. The van der Waals surface area contributed by atoms with Crippen molar-refractivity contribution in [2.24, 2.45) is 0 Å². The Balaban J connectivity index is 2.08. The lowest BCUT2D eigenvalue weighted by Gasteiger charge is -2.35. The van der Waals surface area contributed by atoms with E-state index in [2.05, 4.69) is 18.1 Å². The number of piperazine rings is 1. The largest absolute Gasteiger partial charge is 0.477 e. The number of rotatable bonds is 6. The van der Waals surface area contributed by atoms with Gasteiger partial charge in [0.25, 0.3) is 0 Å². The Kier molecular flexibility index (Phi) is 5.41. The summed E-state index contributed by atoms with van der Waals surface area (Å²) in [4.78, 5) is 28.0. The minimum absolute atomic E-state index is 0.0586. The smallest absolute Gasteiger partial charge is 0.341 e. The van der Waals surface area contributed by atoms with E-state index in [4.69, 9.17) is 0 Å². The topological polar surface area (TPSA) is 65.8 Å². The SMILES string of the molecule is C=CCN1CCN(c2cc3c(cc2F)c(=O)c(C(=O)O)cn3CC=C)CC1. The van der Waals surface area contributed by atoms with Crippen LogP contribution in [0.25, 0.3) is 10.9 Å². The molecule has 0 radical (unpaired) electrons. The van der Waals surface area contributed by atoms with Crippen molar-refractivity contribution in [3.63, 3.8) is 0 Å². The third-order valence-electron chi connectivity index (χ3n) is 4.81. The summed E-state index contributed by atoms with van der Waals surface area (Å²) in [6.45, 7) is 11.4. The summed E-state index contributed by atoms with van der Waals surface area (Å²) >= 11 is 0. The predicted molar refractivity (Wildman–Crippen MR) is 104 cm³/mol. The van der Waals surface area contributed by atoms with Crippen molar-refractivity contribution >= 4 is 22.6 Å². The Morgan fingerprint density at radius 2 is 1.81 bits per heavy atom. The van der Waals surface area contributed by atoms with Crippen LogP contribution in [0, 0.1) is 5.82 Å². The van der Waals surface area contributed by atoms with E-state index in [-0.39, 0.29) is 10.9 Å². The molecule has 0 unspecified atom stereocenters. The van der Waals surface area contributed by atoms with Crippen LogP contribution in [-0.4, -0.2) is 53.3 Å². The number of hydrogen-bond donors (Lipinski definition) is 1. The highest BCUT2D eigenvalue weighted by atomic mass is 19.1. The molecule has 6 nitrogen and oxygen atoms in total. The summed E-state index contributed by atoms with van der Waals surface area (Å²) in [6, 6.07) is 2.78. The molecule has 0 bridgehead atoms. The maximum absolute atomic E-state index is 14.8. The second-order valence-corrected chi connectivity index (χ2v) is 6.52. The molecule has 1 aliphatic heterocycles. The number of aromatic nitrogens is 1. The van der Waals surface area contributed by atoms with Gasteiger partial charge < -0.3 is 14.6 Å². The van der Waals surface area contributed by atoms with Crippen LogP contribution < -0.4 is 10.3 Å². The van der Waals surface area contributed by atoms with Crippen molar-refractivity contribution in [1.29, 1.82) is 0 Å². The fourth-order valence-electron chi connectivity index (χ4n) is 3.44. The molecule has 0 aliphatic carbocycles. The molecule has 27 heavy (non-hydrogen) atoms. The van der Waals surface area contributed by atoms with E-state index < -0.39 is 17.2 Å². The van der Waals surface area contributed by atoms with Gasteiger partial charge in [0.2, 0.25) is 5.43 Å². The predicted octanol–water partition coefficient (Wildman–Crippen LogP) is 2.33. The Morgan fingerprint density at radius 3 is 2.41 bits per heavy atom. The Bertz CT molecular complexity index is 959. The van der Waals surface area contributed by atoms with Crippen LogP contribution in [0.2, 0.25) is 0 Å². The zero-order chi connectivity index (χ0) is 19.6. The first-order valence-corrected chi connectivity index (χ1v) is 8.75. The van der Waals surface area contributed by atoms with Gasteiger partial charge in [-0.25, -0.2) is 9.18 Å². The highest BCUT2D eigenvalue weighted by Crippen LogP contribution is 2.26. The molecule has 1 aromatic carbocycles. The third-order valence-corrected chi connectivity index (χ3v) is 4.81. The maximum Gasteiger partial charge on any atom is 0.341 e. The summed E-state index contributed by atoms with van der Waals surface area (Å²) in [6.07, 6.45) is 4.74. The van der Waals surface area contributed by atoms with E-state index in [9.17, 15) is 19.1 Å². The van der Waals surface area contributed by atoms with Gasteiger partial charge in [-0.05, 0) is 12.1 Å². The molecule has 0 saturated carbocycles. The molecule has 0 spiro atoms. The van der Waals surface area contributed by atoms with Crippen molar-refractivity contribution in [2.45, 2.75) is 6.54 Å². The number of fused-ring (bicyclic) bond motifs is 1. The molecule has 3 rings (SSSR count). The van der Waals surface area contributed by atoms with Crippen molar-refractivity contribution < 1.29 is 14.3 Å². The second-order valence-electron chi connectivity index (χ2n) is 6.52. The lowest BCUT2D eigenvalue weighted by atomic mass is 10.1. The number of aromatic carboxylic acids is 1. The van der Waals surface area contributed by atoms with Gasteiger partial charge >= 0.3 is 5.97 Å². The number of halogens is 1. The highest BCUT2D eigenvalue weighted by Gasteiger charge is 2.22. The Labute approximate surface area is 156 Å². The van der Waals surface area contributed by atoms with Gasteiger partial charge in [0.05, 0.1) is 11.2 Å². The normalized spacial score (nSPS) is 15.1. The molecule has 142 valence electrons. The molecule has 0 atom stereocenters. The van der Waals surface area contributed by atoms with E-state index in [0.29, 0.717) is 30.8 Å². The number of carbonyl (C=O) groups is 1. The molecule has 2 heterocycles. The quantitative estimate of drug-likeness (QED) is 0.790. The van der Waals surface area contributed by atoms with Crippen LogP contribution in [0.15, 0.2) is 48.4 Å². The molecule has 2 aromatic rings. The van der Waals surface area contributed by atoms with Gasteiger partial charge in [0.15, 0.2) is 0 Å². The van der Waals surface area contributed by atoms with E-state index >= 15 is 0 Å². The van der Waals surface area contributed by atoms with Crippen LogP contribution in [-0.2, 0) is 6.54 Å². The van der Waals surface area contributed by atoms with Crippen LogP contribution in [0.3, 0.4) is 0 Å². The average molecular weight is 371 g/mol. The van der Waals surface area contributed by atoms with Gasteiger partial charge in [0, 0.05) is 50.9 Å². The van der Waals surface area contributed by atoms with Gasteiger partial charge in [0.1, 0.15) is 11.4 Å². The molecule has 0 amide bonds. The fraction of sp³-hybridized carbons (Fsp3) is 0.300. The zero-order valence-electron chi connectivity index (χ0n) is 15.0. The van der Waals surface area contributed by atoms with Crippen LogP contribution in [0.1, 0.15) is 10.4 Å². The van der Waals surface area contributed by atoms with Gasteiger partial charge in [-0.3, -0.25) is 9.69 Å². The van der Waals surface area contributed by atoms with Crippen molar-refractivity contribution in [3.05, 3.63) is 65.2 Å². The molecule has 1 saturated heterocycles. The Morgan fingerprint density at radius 1 is 1.15 bits per heavy atom. The lowest BCUT2D eigenvalue weighted by molar-refractivity contribution is 0.0695. The first kappa shape index (κ1) is 18.8. The molecular weight excluding hydrogens is 349 g/mol. The molecular formula is C20H22FN3O3. The number of benzene rings is 1. The summed E-state index contributed by atoms with van der Waals surface area (Å²) in [5.74, 6) is -1.85. The second kappa shape index (κ2) is 7.75. The minimum atomic E-state index is -1.33. The number of carboxylic acids is 1. The minimum Gasteiger partial charge on any atom is -0.477 e. The van der Waals surface area contributed by atoms with Crippen molar-refractivity contribution in [3.8, 4) is 0 Å². The monoisotopic (exact) mass is 371 g/mol. The van der Waals surface area contributed by atoms with Gasteiger partial charge in [-0.15, -0.1) is 13.2 Å². The standard InChI is InChI=1S/C20H22FN3O3/c1-3-5-22-7-9-23(10-8-22)18-12-17-14(11-16(18)21)19(25)15(20(26)27)13-24(17)6-4-2/h3-4,11-13H,1-2,5-10H2,(H,26,27). The third kappa shape index (κ3) is 3.64. The zero-order valence-corrected chi connectivity index (χ0v) is 15.0. The summed E-state index contributed by atoms with van der Waals surface area (Å²) in [5, 5.41) is 9.32. The molecule has 1 aliphatic rings. The highest BCUT2D eigenvalue weighted by molar-refractivity contribution is 5.93. The number of anilines is 1. The van der Waals surface area contributed by atoms with Crippen LogP contribution in [0.4, 0.5) is 10.1 Å². The molecule has 1 fully saturated rings. The lowest BCUT2D eigenvalue weighted by Crippen LogP contribution is -2.46. The van der Waals surface area contributed by atoms with Crippen molar-refractivity contribution in [1.82, 2.24) is 9.47 Å². The molecule has 1 aromatic heterocycles. The Hall–Kier alpha value is -2.93. The van der Waals surface area contributed by atoms with E-state index in [0.717, 1.165) is 25.7 Å². The first-order valence-electron chi connectivity index (χ1n) is 8.75. The number of carboxylic acid groups (broad SMARTS) is 1. The summed E-state index contributed by atoms with van der Waals surface area (Å²) in [5.41, 5.74) is -0.149. The van der Waals surface area contributed by atoms with E-state index in [1.54, 1.807) is 16.7 Å².